The van der Waals surface area contributed by atoms with Gasteiger partial charge >= 0.3 is 0 Å². The van der Waals surface area contributed by atoms with E-state index in [2.05, 4.69) is 35.5 Å². The van der Waals surface area contributed by atoms with E-state index in [1.54, 1.807) is 0 Å². The highest BCUT2D eigenvalue weighted by molar-refractivity contribution is 8.03. The minimum atomic E-state index is 0.692. The second-order valence-electron chi connectivity index (χ2n) is 4.92. The topological polar surface area (TPSA) is 12.5 Å². The highest BCUT2D eigenvalue weighted by Crippen LogP contribution is 2.23. The van der Waals surface area contributed by atoms with Crippen LogP contribution in [0.3, 0.4) is 0 Å². The molecule has 0 N–H and O–H groups in total. The van der Waals surface area contributed by atoms with Gasteiger partial charge in [-0.1, -0.05) is 23.7 Å². The maximum Gasteiger partial charge on any atom is 0.137 e. The van der Waals surface area contributed by atoms with Crippen LogP contribution in [0.4, 0.5) is 0 Å². The van der Waals surface area contributed by atoms with Crippen molar-refractivity contribution >= 4 is 35.1 Å². The van der Waals surface area contributed by atoms with E-state index in [4.69, 9.17) is 16.3 Å². The number of halogens is 1. The Balaban J connectivity index is 1.66. The van der Waals surface area contributed by atoms with Gasteiger partial charge in [0.1, 0.15) is 5.75 Å². The van der Waals surface area contributed by atoms with Crippen molar-refractivity contribution in [1.29, 1.82) is 0 Å². The van der Waals surface area contributed by atoms with Crippen molar-refractivity contribution in [3.63, 3.8) is 0 Å². The van der Waals surface area contributed by atoms with Gasteiger partial charge in [-0.15, -0.1) is 0 Å². The molecule has 5 heteroatoms. The summed E-state index contributed by atoms with van der Waals surface area (Å²) in [7, 11) is 2.23. The van der Waals surface area contributed by atoms with Gasteiger partial charge in [0.2, 0.25) is 0 Å². The molecule has 1 aromatic carbocycles. The summed E-state index contributed by atoms with van der Waals surface area (Å²) in [6.45, 7) is 1.80. The predicted molar refractivity (Wildman–Crippen MR) is 92.6 cm³/mol. The SMILES string of the molecule is CN(CCCOc1ccccc1Cl)C1CSCCSC1. The minimum Gasteiger partial charge on any atom is -0.492 e. The van der Waals surface area contributed by atoms with Crippen LogP contribution in [0.15, 0.2) is 24.3 Å². The number of thioether (sulfide) groups is 2. The molecule has 1 saturated heterocycles. The molecule has 1 aliphatic heterocycles. The normalized spacial score (nSPS) is 17.1. The third-order valence-electron chi connectivity index (χ3n) is 3.37. The first kappa shape index (κ1) is 16.3. The second-order valence-corrected chi connectivity index (χ2v) is 7.62. The number of hydrogen-bond donors (Lipinski definition) is 0. The molecule has 0 saturated carbocycles. The van der Waals surface area contributed by atoms with Gasteiger partial charge in [-0.25, -0.2) is 0 Å². The zero-order valence-electron chi connectivity index (χ0n) is 11.9. The first-order chi connectivity index (χ1) is 9.77. The second kappa shape index (κ2) is 9.08. The largest absolute Gasteiger partial charge is 0.492 e. The lowest BCUT2D eigenvalue weighted by atomic mass is 10.3. The quantitative estimate of drug-likeness (QED) is 0.733. The molecule has 2 nitrogen and oxygen atoms in total. The third-order valence-corrected chi connectivity index (χ3v) is 6.16. The zero-order chi connectivity index (χ0) is 14.2. The Bertz CT molecular complexity index is 397. The smallest absolute Gasteiger partial charge is 0.137 e. The summed E-state index contributed by atoms with van der Waals surface area (Å²) in [5, 5.41) is 0.692. The lowest BCUT2D eigenvalue weighted by Gasteiger charge is -2.26. The summed E-state index contributed by atoms with van der Waals surface area (Å²) in [6, 6.07) is 8.36. The molecule has 0 bridgehead atoms. The fraction of sp³-hybridized carbons (Fsp3) is 0.600. The molecule has 0 amide bonds. The van der Waals surface area contributed by atoms with E-state index in [1.807, 2.05) is 24.3 Å². The van der Waals surface area contributed by atoms with Gasteiger partial charge in [-0.3, -0.25) is 0 Å². The van der Waals surface area contributed by atoms with Crippen LogP contribution in [0.1, 0.15) is 6.42 Å². The molecule has 1 aliphatic rings. The Hall–Kier alpha value is -0.0300. The summed E-state index contributed by atoms with van der Waals surface area (Å²) >= 11 is 10.2. The molecule has 2 rings (SSSR count). The summed E-state index contributed by atoms with van der Waals surface area (Å²) in [4.78, 5) is 2.47. The van der Waals surface area contributed by atoms with E-state index >= 15 is 0 Å². The van der Waals surface area contributed by atoms with Gasteiger partial charge in [0.15, 0.2) is 0 Å². The van der Waals surface area contributed by atoms with Crippen molar-refractivity contribution < 1.29 is 4.74 Å². The highest BCUT2D eigenvalue weighted by atomic mass is 35.5. The fourth-order valence-corrected chi connectivity index (χ4v) is 5.00. The van der Waals surface area contributed by atoms with Gasteiger partial charge in [0.25, 0.3) is 0 Å². The van der Waals surface area contributed by atoms with E-state index < -0.39 is 0 Å². The monoisotopic (exact) mass is 331 g/mol. The van der Waals surface area contributed by atoms with Crippen molar-refractivity contribution in [3.8, 4) is 5.75 Å². The molecular weight excluding hydrogens is 310 g/mol. The van der Waals surface area contributed by atoms with E-state index in [0.717, 1.165) is 25.3 Å². The fourth-order valence-electron chi connectivity index (χ4n) is 2.10. The first-order valence-corrected chi connectivity index (χ1v) is 9.69. The Morgan fingerprint density at radius 3 is 2.65 bits per heavy atom. The maximum absolute atomic E-state index is 6.06. The van der Waals surface area contributed by atoms with Crippen molar-refractivity contribution in [3.05, 3.63) is 29.3 Å². The molecule has 112 valence electrons. The van der Waals surface area contributed by atoms with E-state index in [9.17, 15) is 0 Å². The van der Waals surface area contributed by atoms with Crippen LogP contribution < -0.4 is 4.74 Å². The van der Waals surface area contributed by atoms with E-state index in [1.165, 1.54) is 23.0 Å². The first-order valence-electron chi connectivity index (χ1n) is 7.00. The lowest BCUT2D eigenvalue weighted by Crippen LogP contribution is -2.36. The number of benzene rings is 1. The van der Waals surface area contributed by atoms with Crippen molar-refractivity contribution in [2.45, 2.75) is 12.5 Å². The average Bonchev–Trinajstić information content (AvgIpc) is 2.74. The minimum absolute atomic E-state index is 0.692. The highest BCUT2D eigenvalue weighted by Gasteiger charge is 2.17. The Labute approximate surface area is 135 Å². The molecule has 1 fully saturated rings. The van der Waals surface area contributed by atoms with Gasteiger partial charge in [-0.05, 0) is 25.6 Å². The molecule has 0 unspecified atom stereocenters. The number of hydrogen-bond acceptors (Lipinski definition) is 4. The standard InChI is InChI=1S/C15H22ClNOS2/c1-17(13-11-19-9-10-20-12-13)7-4-8-18-15-6-3-2-5-14(15)16/h2-3,5-6,13H,4,7-12H2,1H3. The third kappa shape index (κ3) is 5.40. The number of rotatable bonds is 6. The van der Waals surface area contributed by atoms with Gasteiger partial charge in [0, 0.05) is 35.6 Å². The zero-order valence-corrected chi connectivity index (χ0v) is 14.3. The maximum atomic E-state index is 6.06. The Morgan fingerprint density at radius 2 is 1.95 bits per heavy atom. The van der Waals surface area contributed by atoms with Crippen LogP contribution in [0.5, 0.6) is 5.75 Å². The lowest BCUT2D eigenvalue weighted by molar-refractivity contribution is 0.238. The number of para-hydroxylation sites is 1. The van der Waals surface area contributed by atoms with E-state index in [0.29, 0.717) is 11.1 Å². The molecule has 20 heavy (non-hydrogen) atoms. The van der Waals surface area contributed by atoms with Crippen molar-refractivity contribution in [2.24, 2.45) is 0 Å². The number of nitrogens with zero attached hydrogens (tertiary/aromatic N) is 1. The summed E-state index contributed by atoms with van der Waals surface area (Å²) < 4.78 is 5.73. The number of ether oxygens (including phenoxy) is 1. The van der Waals surface area contributed by atoms with Crippen LogP contribution >= 0.6 is 35.1 Å². The molecule has 0 aromatic heterocycles. The Morgan fingerprint density at radius 1 is 1.25 bits per heavy atom. The summed E-state index contributed by atoms with van der Waals surface area (Å²) in [5.41, 5.74) is 0. The molecular formula is C15H22ClNOS2. The molecule has 0 spiro atoms. The summed E-state index contributed by atoms with van der Waals surface area (Å²) in [6.07, 6.45) is 1.04. The van der Waals surface area contributed by atoms with Crippen LogP contribution in [0.2, 0.25) is 5.02 Å². The molecule has 0 atom stereocenters. The van der Waals surface area contributed by atoms with E-state index in [-0.39, 0.29) is 0 Å². The van der Waals surface area contributed by atoms with Crippen molar-refractivity contribution in [2.75, 3.05) is 43.2 Å². The van der Waals surface area contributed by atoms with Crippen molar-refractivity contribution in [1.82, 2.24) is 4.90 Å². The molecule has 1 aromatic rings. The summed E-state index contributed by atoms with van der Waals surface area (Å²) in [5.74, 6) is 5.90. The van der Waals surface area contributed by atoms with Gasteiger partial charge in [0.05, 0.1) is 11.6 Å². The van der Waals surface area contributed by atoms with Crippen LogP contribution in [0.25, 0.3) is 0 Å². The molecule has 0 radical (unpaired) electrons. The average molecular weight is 332 g/mol. The molecule has 0 aliphatic carbocycles. The van der Waals surface area contributed by atoms with Crippen LogP contribution in [-0.4, -0.2) is 54.2 Å². The van der Waals surface area contributed by atoms with Crippen LogP contribution in [-0.2, 0) is 0 Å². The predicted octanol–water partition coefficient (Wildman–Crippen LogP) is 3.89. The van der Waals surface area contributed by atoms with Gasteiger partial charge < -0.3 is 9.64 Å². The Kier molecular flexibility index (Phi) is 7.42. The molecule has 1 heterocycles. The van der Waals surface area contributed by atoms with Gasteiger partial charge in [-0.2, -0.15) is 23.5 Å². The van der Waals surface area contributed by atoms with Crippen LogP contribution in [0, 0.1) is 0 Å².